The molecule has 0 amide bonds. The molecule has 0 bridgehead atoms. The molecule has 0 fully saturated rings. The number of methoxy groups -OCH3 is 1. The van der Waals surface area contributed by atoms with Crippen LogP contribution in [0.1, 0.15) is 30.9 Å². The van der Waals surface area contributed by atoms with Crippen molar-refractivity contribution < 1.29 is 4.74 Å². The highest BCUT2D eigenvalue weighted by molar-refractivity contribution is 5.85. The maximum Gasteiger partial charge on any atom is 0.146 e. The third-order valence-electron chi connectivity index (χ3n) is 3.77. The van der Waals surface area contributed by atoms with Crippen molar-refractivity contribution in [3.05, 3.63) is 47.5 Å². The number of rotatable bonds is 3. The van der Waals surface area contributed by atoms with Gasteiger partial charge in [-0.1, -0.05) is 38.1 Å². The summed E-state index contributed by atoms with van der Waals surface area (Å²) in [7, 11) is 1.68. The van der Waals surface area contributed by atoms with Gasteiger partial charge in [-0.3, -0.25) is 0 Å². The lowest BCUT2D eigenvalue weighted by atomic mass is 10.0. The summed E-state index contributed by atoms with van der Waals surface area (Å²) in [4.78, 5) is 8.07. The van der Waals surface area contributed by atoms with E-state index >= 15 is 0 Å². The summed E-state index contributed by atoms with van der Waals surface area (Å²) in [5.74, 6) is 2.23. The maximum atomic E-state index is 5.43. The molecule has 108 valence electrons. The molecular weight excluding hydrogens is 260 g/mol. The van der Waals surface area contributed by atoms with Crippen LogP contribution in [-0.4, -0.2) is 17.1 Å². The van der Waals surface area contributed by atoms with E-state index in [1.165, 1.54) is 5.56 Å². The normalized spacial score (nSPS) is 11.3. The van der Waals surface area contributed by atoms with Crippen LogP contribution in [0.2, 0.25) is 0 Å². The minimum atomic E-state index is 0.539. The number of benzene rings is 2. The molecule has 1 N–H and O–H groups in total. The number of ether oxygens (including phenoxy) is 1. The molecule has 2 aromatic carbocycles. The number of hydrogen-bond acceptors (Lipinski definition) is 2. The smallest absolute Gasteiger partial charge is 0.146 e. The molecule has 0 saturated carbocycles. The van der Waals surface area contributed by atoms with Crippen LogP contribution >= 0.6 is 0 Å². The van der Waals surface area contributed by atoms with E-state index in [0.717, 1.165) is 33.7 Å². The third-order valence-corrected chi connectivity index (χ3v) is 3.77. The third kappa shape index (κ3) is 2.51. The summed E-state index contributed by atoms with van der Waals surface area (Å²) in [6.07, 6.45) is 0. The molecule has 0 aliphatic carbocycles. The van der Waals surface area contributed by atoms with Crippen LogP contribution in [0.3, 0.4) is 0 Å². The number of H-pyrrole nitrogens is 1. The predicted octanol–water partition coefficient (Wildman–Crippen LogP) is 4.67. The number of fused-ring (bicyclic) bond motifs is 1. The Balaban J connectivity index is 2.08. The largest absolute Gasteiger partial charge is 0.494 e. The second kappa shape index (κ2) is 5.24. The Morgan fingerprint density at radius 1 is 1.10 bits per heavy atom. The molecule has 0 atom stereocenters. The molecule has 0 aliphatic rings. The average Bonchev–Trinajstić information content (AvgIpc) is 2.90. The lowest BCUT2D eigenvalue weighted by Crippen LogP contribution is -1.87. The molecule has 0 aliphatic heterocycles. The Hall–Kier alpha value is -2.29. The van der Waals surface area contributed by atoms with Crippen molar-refractivity contribution in [2.24, 2.45) is 0 Å². The van der Waals surface area contributed by atoms with Crippen molar-refractivity contribution in [2.45, 2.75) is 26.7 Å². The number of nitrogens with zero attached hydrogens (tertiary/aromatic N) is 1. The van der Waals surface area contributed by atoms with Crippen molar-refractivity contribution in [3.8, 4) is 17.1 Å². The number of nitrogens with one attached hydrogen (secondary N) is 1. The first-order chi connectivity index (χ1) is 10.1. The van der Waals surface area contributed by atoms with Crippen LogP contribution in [0.25, 0.3) is 22.4 Å². The van der Waals surface area contributed by atoms with E-state index in [1.807, 2.05) is 6.07 Å². The maximum absolute atomic E-state index is 5.43. The molecule has 0 saturated heterocycles. The van der Waals surface area contributed by atoms with Crippen LogP contribution in [0.15, 0.2) is 36.4 Å². The Bertz CT molecular complexity index is 770. The van der Waals surface area contributed by atoms with Gasteiger partial charge < -0.3 is 9.72 Å². The molecule has 1 heterocycles. The van der Waals surface area contributed by atoms with Crippen LogP contribution in [0, 0.1) is 6.92 Å². The van der Waals surface area contributed by atoms with E-state index in [1.54, 1.807) is 7.11 Å². The van der Waals surface area contributed by atoms with Crippen LogP contribution in [0.5, 0.6) is 5.75 Å². The molecule has 3 rings (SSSR count). The highest BCUT2D eigenvalue weighted by Crippen LogP contribution is 2.29. The fourth-order valence-electron chi connectivity index (χ4n) is 2.54. The molecule has 0 radical (unpaired) electrons. The summed E-state index contributed by atoms with van der Waals surface area (Å²) >= 11 is 0. The monoisotopic (exact) mass is 280 g/mol. The minimum Gasteiger partial charge on any atom is -0.494 e. The molecule has 3 aromatic rings. The summed E-state index contributed by atoms with van der Waals surface area (Å²) in [6.45, 7) is 6.45. The van der Waals surface area contributed by atoms with Gasteiger partial charge in [0.05, 0.1) is 12.6 Å². The number of aryl methyl sites for hydroxylation is 1. The van der Waals surface area contributed by atoms with E-state index < -0.39 is 0 Å². The van der Waals surface area contributed by atoms with E-state index in [-0.39, 0.29) is 0 Å². The van der Waals surface area contributed by atoms with Crippen LogP contribution < -0.4 is 4.74 Å². The van der Waals surface area contributed by atoms with Gasteiger partial charge in [0.15, 0.2) is 0 Å². The van der Waals surface area contributed by atoms with Gasteiger partial charge in [0.1, 0.15) is 17.1 Å². The lowest BCUT2D eigenvalue weighted by molar-refractivity contribution is 0.418. The quantitative estimate of drug-likeness (QED) is 0.757. The Labute approximate surface area is 125 Å². The highest BCUT2D eigenvalue weighted by Gasteiger charge is 2.10. The summed E-state index contributed by atoms with van der Waals surface area (Å²) in [5.41, 5.74) is 5.48. The molecule has 3 nitrogen and oxygen atoms in total. The Kier molecular flexibility index (Phi) is 3.42. The fourth-order valence-corrected chi connectivity index (χ4v) is 2.54. The van der Waals surface area contributed by atoms with Gasteiger partial charge in [0, 0.05) is 5.56 Å². The van der Waals surface area contributed by atoms with Gasteiger partial charge in [-0.05, 0) is 36.1 Å². The van der Waals surface area contributed by atoms with E-state index in [4.69, 9.17) is 4.74 Å². The lowest BCUT2D eigenvalue weighted by Gasteiger charge is -2.05. The first-order valence-corrected chi connectivity index (χ1v) is 7.23. The average molecular weight is 280 g/mol. The van der Waals surface area contributed by atoms with Crippen molar-refractivity contribution >= 4 is 11.0 Å². The minimum absolute atomic E-state index is 0.539. The molecule has 3 heteroatoms. The van der Waals surface area contributed by atoms with Gasteiger partial charge >= 0.3 is 0 Å². The zero-order valence-electron chi connectivity index (χ0n) is 12.9. The van der Waals surface area contributed by atoms with Gasteiger partial charge in [-0.15, -0.1) is 0 Å². The zero-order chi connectivity index (χ0) is 15.0. The van der Waals surface area contributed by atoms with E-state index in [2.05, 4.69) is 61.1 Å². The number of aromatic nitrogens is 2. The molecule has 0 spiro atoms. The summed E-state index contributed by atoms with van der Waals surface area (Å²) in [5, 5.41) is 0. The Morgan fingerprint density at radius 3 is 2.43 bits per heavy atom. The van der Waals surface area contributed by atoms with Gasteiger partial charge in [0.2, 0.25) is 0 Å². The molecule has 1 aromatic heterocycles. The topological polar surface area (TPSA) is 37.9 Å². The van der Waals surface area contributed by atoms with Crippen molar-refractivity contribution in [1.29, 1.82) is 0 Å². The van der Waals surface area contributed by atoms with Crippen molar-refractivity contribution in [1.82, 2.24) is 9.97 Å². The molecule has 0 unspecified atom stereocenters. The summed E-state index contributed by atoms with van der Waals surface area (Å²) < 4.78 is 5.43. The second-order valence-electron chi connectivity index (χ2n) is 5.73. The standard InChI is InChI=1S/C18H20N2O/c1-11(2)13-5-7-14(8-6-13)18-19-15-9-12(3)10-16(21-4)17(15)20-18/h5-11H,1-4H3,(H,19,20). The highest BCUT2D eigenvalue weighted by atomic mass is 16.5. The predicted molar refractivity (Wildman–Crippen MR) is 86.9 cm³/mol. The summed E-state index contributed by atoms with van der Waals surface area (Å²) in [6, 6.07) is 12.7. The number of hydrogen-bond donors (Lipinski definition) is 1. The second-order valence-corrected chi connectivity index (χ2v) is 5.73. The van der Waals surface area contributed by atoms with Crippen LogP contribution in [0.4, 0.5) is 0 Å². The van der Waals surface area contributed by atoms with Gasteiger partial charge in [-0.2, -0.15) is 0 Å². The zero-order valence-corrected chi connectivity index (χ0v) is 12.9. The molecular formula is C18H20N2O. The number of aromatic amines is 1. The van der Waals surface area contributed by atoms with Crippen molar-refractivity contribution in [3.63, 3.8) is 0 Å². The first-order valence-electron chi connectivity index (χ1n) is 7.23. The fraction of sp³-hybridized carbons (Fsp3) is 0.278. The molecule has 21 heavy (non-hydrogen) atoms. The SMILES string of the molecule is COc1cc(C)cc2[nH]c(-c3ccc(C(C)C)cc3)nc12. The van der Waals surface area contributed by atoms with E-state index in [9.17, 15) is 0 Å². The van der Waals surface area contributed by atoms with E-state index in [0.29, 0.717) is 5.92 Å². The first kappa shape index (κ1) is 13.7. The van der Waals surface area contributed by atoms with Gasteiger partial charge in [0.25, 0.3) is 0 Å². The van der Waals surface area contributed by atoms with Gasteiger partial charge in [-0.25, -0.2) is 4.98 Å². The van der Waals surface area contributed by atoms with Crippen molar-refractivity contribution in [2.75, 3.05) is 7.11 Å². The van der Waals surface area contributed by atoms with Crippen LogP contribution in [-0.2, 0) is 0 Å². The Morgan fingerprint density at radius 2 is 1.81 bits per heavy atom. The number of imidazole rings is 1.